The number of hydrogen-bond donors (Lipinski definition) is 2. The SMILES string of the molecule is Cc1cncnc1OCC(=O)NCCCC(=O)O. The highest BCUT2D eigenvalue weighted by Gasteiger charge is 2.05. The van der Waals surface area contributed by atoms with E-state index in [4.69, 9.17) is 9.84 Å². The molecule has 2 N–H and O–H groups in total. The number of hydrogen-bond acceptors (Lipinski definition) is 5. The molecule has 0 aliphatic heterocycles. The lowest BCUT2D eigenvalue weighted by Gasteiger charge is -2.07. The molecule has 0 aromatic carbocycles. The lowest BCUT2D eigenvalue weighted by atomic mass is 10.3. The minimum absolute atomic E-state index is 0.0339. The first kappa shape index (κ1) is 13.9. The van der Waals surface area contributed by atoms with Crippen LogP contribution in [0.3, 0.4) is 0 Å². The van der Waals surface area contributed by atoms with Crippen LogP contribution in [0.25, 0.3) is 0 Å². The summed E-state index contributed by atoms with van der Waals surface area (Å²) in [5, 5.41) is 11.0. The van der Waals surface area contributed by atoms with Gasteiger partial charge in [-0.25, -0.2) is 9.97 Å². The number of aromatic nitrogens is 2. The second-order valence-electron chi connectivity index (χ2n) is 3.65. The summed E-state index contributed by atoms with van der Waals surface area (Å²) in [5.74, 6) is -0.818. The molecule has 0 radical (unpaired) electrons. The summed E-state index contributed by atoms with van der Waals surface area (Å²) in [5.41, 5.74) is 0.746. The van der Waals surface area contributed by atoms with Crippen molar-refractivity contribution in [3.8, 4) is 5.88 Å². The molecule has 1 aromatic rings. The summed E-state index contributed by atoms with van der Waals surface area (Å²) < 4.78 is 5.20. The largest absolute Gasteiger partial charge is 0.481 e. The predicted octanol–water partition coefficient (Wildman–Crippen LogP) is 0.145. The van der Waals surface area contributed by atoms with Gasteiger partial charge in [-0.05, 0) is 13.3 Å². The van der Waals surface area contributed by atoms with Crippen LogP contribution in [0.1, 0.15) is 18.4 Å². The standard InChI is InChI=1S/C11H15N3O4/c1-8-5-12-7-14-11(8)18-6-9(15)13-4-2-3-10(16)17/h5,7H,2-4,6H2,1H3,(H,13,15)(H,16,17). The monoisotopic (exact) mass is 253 g/mol. The highest BCUT2D eigenvalue weighted by atomic mass is 16.5. The zero-order valence-electron chi connectivity index (χ0n) is 10.0. The zero-order valence-corrected chi connectivity index (χ0v) is 10.0. The molecule has 0 spiro atoms. The Morgan fingerprint density at radius 1 is 1.50 bits per heavy atom. The van der Waals surface area contributed by atoms with E-state index < -0.39 is 5.97 Å². The van der Waals surface area contributed by atoms with Crippen LogP contribution in [-0.4, -0.2) is 40.1 Å². The first-order valence-corrected chi connectivity index (χ1v) is 5.47. The van der Waals surface area contributed by atoms with Crippen LogP contribution in [-0.2, 0) is 9.59 Å². The number of carbonyl (C=O) groups is 2. The third-order valence-electron chi connectivity index (χ3n) is 2.08. The number of aliphatic carboxylic acids is 1. The average molecular weight is 253 g/mol. The van der Waals surface area contributed by atoms with Crippen LogP contribution in [0.5, 0.6) is 5.88 Å². The summed E-state index contributed by atoms with van der Waals surface area (Å²) >= 11 is 0. The number of rotatable bonds is 7. The van der Waals surface area contributed by atoms with Gasteiger partial charge >= 0.3 is 5.97 Å². The van der Waals surface area contributed by atoms with Crippen molar-refractivity contribution >= 4 is 11.9 Å². The van der Waals surface area contributed by atoms with E-state index in [1.807, 2.05) is 0 Å². The second-order valence-corrected chi connectivity index (χ2v) is 3.65. The van der Waals surface area contributed by atoms with Crippen LogP contribution >= 0.6 is 0 Å². The lowest BCUT2D eigenvalue weighted by molar-refractivity contribution is -0.137. The topological polar surface area (TPSA) is 101 Å². The maximum Gasteiger partial charge on any atom is 0.303 e. The Hall–Kier alpha value is -2.18. The van der Waals surface area contributed by atoms with Crippen molar-refractivity contribution in [3.05, 3.63) is 18.1 Å². The number of nitrogens with zero attached hydrogens (tertiary/aromatic N) is 2. The van der Waals surface area contributed by atoms with E-state index in [9.17, 15) is 9.59 Å². The highest BCUT2D eigenvalue weighted by molar-refractivity contribution is 5.77. The molecule has 0 bridgehead atoms. The molecule has 0 atom stereocenters. The smallest absolute Gasteiger partial charge is 0.303 e. The minimum Gasteiger partial charge on any atom is -0.481 e. The van der Waals surface area contributed by atoms with Crippen molar-refractivity contribution < 1.29 is 19.4 Å². The number of amides is 1. The first-order valence-electron chi connectivity index (χ1n) is 5.47. The van der Waals surface area contributed by atoms with Gasteiger partial charge in [0, 0.05) is 24.7 Å². The number of carboxylic acid groups (broad SMARTS) is 1. The molecule has 0 fully saturated rings. The molecule has 0 aliphatic carbocycles. The lowest BCUT2D eigenvalue weighted by Crippen LogP contribution is -2.30. The van der Waals surface area contributed by atoms with Gasteiger partial charge in [0.05, 0.1) is 0 Å². The molecular formula is C11H15N3O4. The molecule has 1 aromatic heterocycles. The predicted molar refractivity (Wildman–Crippen MR) is 62.1 cm³/mol. The summed E-state index contributed by atoms with van der Waals surface area (Å²) in [4.78, 5) is 29.3. The Morgan fingerprint density at radius 3 is 2.94 bits per heavy atom. The van der Waals surface area contributed by atoms with E-state index in [0.29, 0.717) is 18.8 Å². The molecule has 0 saturated heterocycles. The zero-order chi connectivity index (χ0) is 13.4. The van der Waals surface area contributed by atoms with Crippen LogP contribution in [0.15, 0.2) is 12.5 Å². The third-order valence-corrected chi connectivity index (χ3v) is 2.08. The highest BCUT2D eigenvalue weighted by Crippen LogP contribution is 2.09. The fraction of sp³-hybridized carbons (Fsp3) is 0.455. The molecule has 1 amide bonds. The first-order chi connectivity index (χ1) is 8.59. The Bertz CT molecular complexity index is 423. The van der Waals surface area contributed by atoms with Gasteiger partial charge in [0.15, 0.2) is 6.61 Å². The molecule has 18 heavy (non-hydrogen) atoms. The molecule has 0 saturated carbocycles. The van der Waals surface area contributed by atoms with Crippen molar-refractivity contribution in [1.29, 1.82) is 0 Å². The van der Waals surface area contributed by atoms with Gasteiger partial charge in [-0.3, -0.25) is 9.59 Å². The molecule has 0 aliphatic rings. The maximum absolute atomic E-state index is 11.3. The maximum atomic E-state index is 11.3. The van der Waals surface area contributed by atoms with E-state index in [1.165, 1.54) is 6.33 Å². The average Bonchev–Trinajstić information content (AvgIpc) is 2.33. The fourth-order valence-electron chi connectivity index (χ4n) is 1.19. The second kappa shape index (κ2) is 7.21. The summed E-state index contributed by atoms with van der Waals surface area (Å²) in [6, 6.07) is 0. The van der Waals surface area contributed by atoms with E-state index in [0.717, 1.165) is 5.56 Å². The van der Waals surface area contributed by atoms with Crippen LogP contribution in [0.4, 0.5) is 0 Å². The van der Waals surface area contributed by atoms with Gasteiger partial charge in [-0.2, -0.15) is 0 Å². The van der Waals surface area contributed by atoms with Crippen molar-refractivity contribution in [3.63, 3.8) is 0 Å². The van der Waals surface area contributed by atoms with Gasteiger partial charge in [0.2, 0.25) is 5.88 Å². The number of nitrogens with one attached hydrogen (secondary N) is 1. The van der Waals surface area contributed by atoms with Crippen molar-refractivity contribution in [2.45, 2.75) is 19.8 Å². The van der Waals surface area contributed by atoms with Gasteiger partial charge in [-0.1, -0.05) is 0 Å². The Balaban J connectivity index is 2.21. The van der Waals surface area contributed by atoms with Gasteiger partial charge in [-0.15, -0.1) is 0 Å². The number of aryl methyl sites for hydroxylation is 1. The molecule has 1 heterocycles. The summed E-state index contributed by atoms with van der Waals surface area (Å²) in [6.07, 6.45) is 3.36. The Labute approximate surface area is 104 Å². The van der Waals surface area contributed by atoms with Crippen LogP contribution in [0, 0.1) is 6.92 Å². The fourth-order valence-corrected chi connectivity index (χ4v) is 1.19. The van der Waals surface area contributed by atoms with Crippen molar-refractivity contribution in [2.75, 3.05) is 13.2 Å². The van der Waals surface area contributed by atoms with Gasteiger partial charge in [0.1, 0.15) is 6.33 Å². The van der Waals surface area contributed by atoms with Gasteiger partial charge in [0.25, 0.3) is 5.91 Å². The Kier molecular flexibility index (Phi) is 5.56. The molecule has 98 valence electrons. The van der Waals surface area contributed by atoms with Crippen LogP contribution < -0.4 is 10.1 Å². The Morgan fingerprint density at radius 2 is 2.28 bits per heavy atom. The number of ether oxygens (including phenoxy) is 1. The quantitative estimate of drug-likeness (QED) is 0.670. The molecule has 0 unspecified atom stereocenters. The van der Waals surface area contributed by atoms with Crippen LogP contribution in [0.2, 0.25) is 0 Å². The summed E-state index contributed by atoms with van der Waals surface area (Å²) in [7, 11) is 0. The molecule has 7 nitrogen and oxygen atoms in total. The number of carbonyl (C=O) groups excluding carboxylic acids is 1. The van der Waals surface area contributed by atoms with Crippen molar-refractivity contribution in [2.24, 2.45) is 0 Å². The van der Waals surface area contributed by atoms with E-state index in [-0.39, 0.29) is 18.9 Å². The van der Waals surface area contributed by atoms with Crippen molar-refractivity contribution in [1.82, 2.24) is 15.3 Å². The normalized spacial score (nSPS) is 9.83. The molecular weight excluding hydrogens is 238 g/mol. The van der Waals surface area contributed by atoms with E-state index >= 15 is 0 Å². The summed E-state index contributed by atoms with van der Waals surface area (Å²) in [6.45, 7) is 1.95. The van der Waals surface area contributed by atoms with E-state index in [1.54, 1.807) is 13.1 Å². The van der Waals surface area contributed by atoms with E-state index in [2.05, 4.69) is 15.3 Å². The molecule has 7 heteroatoms. The molecule has 1 rings (SSSR count). The third kappa shape index (κ3) is 5.24. The minimum atomic E-state index is -0.878. The number of carboxylic acids is 1. The van der Waals surface area contributed by atoms with Gasteiger partial charge < -0.3 is 15.2 Å².